The van der Waals surface area contributed by atoms with Gasteiger partial charge < -0.3 is 14.4 Å². The number of piperidine rings is 1. The van der Waals surface area contributed by atoms with Crippen LogP contribution in [-0.4, -0.2) is 49.2 Å². The Morgan fingerprint density at radius 2 is 2.03 bits per heavy atom. The first-order valence-corrected chi connectivity index (χ1v) is 10.6. The predicted octanol–water partition coefficient (Wildman–Crippen LogP) is 4.62. The number of rotatable bonds is 8. The minimum Gasteiger partial charge on any atom is -0.493 e. The number of allylic oxidation sites excluding steroid dienone is 1. The van der Waals surface area contributed by atoms with Crippen LogP contribution in [-0.2, 0) is 9.53 Å². The van der Waals surface area contributed by atoms with Gasteiger partial charge in [0, 0.05) is 31.1 Å². The molecule has 0 atom stereocenters. The van der Waals surface area contributed by atoms with Gasteiger partial charge in [0.2, 0.25) is 5.91 Å². The third-order valence-corrected chi connectivity index (χ3v) is 5.55. The normalized spacial score (nSPS) is 15.3. The number of nitrogens with zero attached hydrogens (tertiary/aromatic N) is 2. The molecular formula is C24H32N2O3. The van der Waals surface area contributed by atoms with Crippen LogP contribution < -0.4 is 4.74 Å². The lowest BCUT2D eigenvalue weighted by atomic mass is 9.95. The van der Waals surface area contributed by atoms with Crippen LogP contribution in [0.4, 0.5) is 0 Å². The first-order chi connectivity index (χ1) is 14.1. The highest BCUT2D eigenvalue weighted by Gasteiger charge is 2.21. The van der Waals surface area contributed by atoms with Crippen molar-refractivity contribution in [3.05, 3.63) is 41.6 Å². The van der Waals surface area contributed by atoms with E-state index in [0.717, 1.165) is 73.3 Å². The fraction of sp³-hybridized carbons (Fsp3) is 0.500. The topological polar surface area (TPSA) is 51.7 Å². The zero-order chi connectivity index (χ0) is 20.6. The summed E-state index contributed by atoms with van der Waals surface area (Å²) in [5.74, 6) is 1.48. The molecule has 0 spiro atoms. The number of benzene rings is 1. The van der Waals surface area contributed by atoms with Gasteiger partial charge in [-0.2, -0.15) is 0 Å². The van der Waals surface area contributed by atoms with Gasteiger partial charge in [0.1, 0.15) is 12.4 Å². The second-order valence-electron chi connectivity index (χ2n) is 7.68. The molecular weight excluding hydrogens is 364 g/mol. The Bertz CT molecular complexity index is 855. The van der Waals surface area contributed by atoms with Gasteiger partial charge in [-0.3, -0.25) is 4.79 Å². The molecule has 5 heteroatoms. The van der Waals surface area contributed by atoms with E-state index in [2.05, 4.69) is 32.1 Å². The van der Waals surface area contributed by atoms with Gasteiger partial charge in [-0.25, -0.2) is 4.98 Å². The summed E-state index contributed by atoms with van der Waals surface area (Å²) in [6.45, 7) is 6.72. The second-order valence-corrected chi connectivity index (χ2v) is 7.68. The fourth-order valence-electron chi connectivity index (χ4n) is 3.75. The molecule has 0 unspecified atom stereocenters. The molecule has 1 aliphatic rings. The maximum absolute atomic E-state index is 12.0. The highest BCUT2D eigenvalue weighted by atomic mass is 16.5. The van der Waals surface area contributed by atoms with Crippen LogP contribution in [0.25, 0.3) is 17.0 Å². The number of unbranched alkanes of at least 4 members (excludes halogenated alkanes) is 1. The number of ether oxygens (including phenoxy) is 2. The van der Waals surface area contributed by atoms with Crippen molar-refractivity contribution < 1.29 is 14.3 Å². The monoisotopic (exact) mass is 396 g/mol. The van der Waals surface area contributed by atoms with Crippen LogP contribution in [0.15, 0.2) is 30.3 Å². The predicted molar refractivity (Wildman–Crippen MR) is 117 cm³/mol. The molecule has 1 aromatic carbocycles. The van der Waals surface area contributed by atoms with Gasteiger partial charge in [0.25, 0.3) is 0 Å². The van der Waals surface area contributed by atoms with E-state index in [9.17, 15) is 4.79 Å². The molecule has 0 aliphatic carbocycles. The van der Waals surface area contributed by atoms with Crippen molar-refractivity contribution in [3.8, 4) is 5.75 Å². The van der Waals surface area contributed by atoms with Gasteiger partial charge in [-0.1, -0.05) is 31.6 Å². The first-order valence-electron chi connectivity index (χ1n) is 10.6. The van der Waals surface area contributed by atoms with E-state index < -0.39 is 0 Å². The summed E-state index contributed by atoms with van der Waals surface area (Å²) in [5.41, 5.74) is 3.01. The molecule has 1 fully saturated rings. The van der Waals surface area contributed by atoms with E-state index >= 15 is 0 Å². The molecule has 3 rings (SSSR count). The molecule has 1 aromatic heterocycles. The summed E-state index contributed by atoms with van der Waals surface area (Å²) < 4.78 is 11.1. The highest BCUT2D eigenvalue weighted by molar-refractivity contribution is 5.88. The molecule has 5 nitrogen and oxygen atoms in total. The average molecular weight is 397 g/mol. The third kappa shape index (κ3) is 5.36. The molecule has 1 aliphatic heterocycles. The van der Waals surface area contributed by atoms with Crippen molar-refractivity contribution in [3.63, 3.8) is 0 Å². The quantitative estimate of drug-likeness (QED) is 0.611. The summed E-state index contributed by atoms with van der Waals surface area (Å²) in [7, 11) is 1.56. The lowest BCUT2D eigenvalue weighted by molar-refractivity contribution is -0.136. The number of para-hydroxylation sites is 1. The van der Waals surface area contributed by atoms with Crippen LogP contribution in [0.1, 0.15) is 43.9 Å². The number of hydrogen-bond donors (Lipinski definition) is 0. The standard InChI is InChI=1S/C24H32N2O3/c1-4-5-16-29-24-18(2)21(25-22-9-7-6-8-20(22)24)11-10-19-12-14-26(15-13-19)23(27)17-28-3/h6-11,19H,4-5,12-17H2,1-3H3/b11-10+. The Labute approximate surface area is 173 Å². The van der Waals surface area contributed by atoms with Crippen molar-refractivity contribution in [2.24, 2.45) is 5.92 Å². The van der Waals surface area contributed by atoms with E-state index in [0.29, 0.717) is 5.92 Å². The Balaban J connectivity index is 1.74. The summed E-state index contributed by atoms with van der Waals surface area (Å²) in [4.78, 5) is 18.7. The minimum absolute atomic E-state index is 0.0795. The van der Waals surface area contributed by atoms with Crippen LogP contribution >= 0.6 is 0 Å². The van der Waals surface area contributed by atoms with Crippen LogP contribution in [0.5, 0.6) is 5.75 Å². The van der Waals surface area contributed by atoms with Gasteiger partial charge >= 0.3 is 0 Å². The van der Waals surface area contributed by atoms with Gasteiger partial charge in [-0.05, 0) is 50.3 Å². The number of hydrogen-bond acceptors (Lipinski definition) is 4. The van der Waals surface area contributed by atoms with Crippen molar-refractivity contribution in [1.82, 2.24) is 9.88 Å². The lowest BCUT2D eigenvalue weighted by Gasteiger charge is -2.30. The number of methoxy groups -OCH3 is 1. The van der Waals surface area contributed by atoms with Crippen molar-refractivity contribution in [2.75, 3.05) is 33.4 Å². The number of amides is 1. The second kappa shape index (κ2) is 10.4. The summed E-state index contributed by atoms with van der Waals surface area (Å²) in [6.07, 6.45) is 8.47. The Morgan fingerprint density at radius 1 is 1.28 bits per heavy atom. The van der Waals surface area contributed by atoms with Gasteiger partial charge in [0.05, 0.1) is 17.8 Å². The van der Waals surface area contributed by atoms with E-state index in [1.165, 1.54) is 0 Å². The zero-order valence-electron chi connectivity index (χ0n) is 17.8. The lowest BCUT2D eigenvalue weighted by Crippen LogP contribution is -2.39. The highest BCUT2D eigenvalue weighted by Crippen LogP contribution is 2.31. The minimum atomic E-state index is 0.0795. The molecule has 29 heavy (non-hydrogen) atoms. The van der Waals surface area contributed by atoms with Crippen molar-refractivity contribution in [1.29, 1.82) is 0 Å². The van der Waals surface area contributed by atoms with Crippen molar-refractivity contribution >= 4 is 22.9 Å². The zero-order valence-corrected chi connectivity index (χ0v) is 17.8. The largest absolute Gasteiger partial charge is 0.493 e. The van der Waals surface area contributed by atoms with Crippen molar-refractivity contribution in [2.45, 2.75) is 39.5 Å². The fourth-order valence-corrected chi connectivity index (χ4v) is 3.75. The SMILES string of the molecule is CCCCOc1c(C)c(/C=C/C2CCN(C(=O)COC)CC2)nc2ccccc12. The molecule has 2 heterocycles. The van der Waals surface area contributed by atoms with Gasteiger partial charge in [-0.15, -0.1) is 0 Å². The molecule has 156 valence electrons. The third-order valence-electron chi connectivity index (χ3n) is 5.55. The Morgan fingerprint density at radius 3 is 2.76 bits per heavy atom. The van der Waals surface area contributed by atoms with E-state index in [4.69, 9.17) is 14.5 Å². The van der Waals surface area contributed by atoms with Crippen LogP contribution in [0.3, 0.4) is 0 Å². The van der Waals surface area contributed by atoms with Gasteiger partial charge in [0.15, 0.2) is 0 Å². The molecule has 0 N–H and O–H groups in total. The number of aromatic nitrogens is 1. The van der Waals surface area contributed by atoms with Crippen LogP contribution in [0.2, 0.25) is 0 Å². The van der Waals surface area contributed by atoms with E-state index in [1.54, 1.807) is 7.11 Å². The van der Waals surface area contributed by atoms with Crippen LogP contribution in [0, 0.1) is 12.8 Å². The molecule has 1 amide bonds. The molecule has 0 saturated carbocycles. The summed E-state index contributed by atoms with van der Waals surface area (Å²) in [5, 5.41) is 1.07. The Hall–Kier alpha value is -2.40. The number of carbonyl (C=O) groups is 1. The Kier molecular flexibility index (Phi) is 7.64. The average Bonchev–Trinajstić information content (AvgIpc) is 2.74. The molecule has 0 radical (unpaired) electrons. The molecule has 1 saturated heterocycles. The molecule has 2 aromatic rings. The summed E-state index contributed by atoms with van der Waals surface area (Å²) >= 11 is 0. The summed E-state index contributed by atoms with van der Waals surface area (Å²) in [6, 6.07) is 8.17. The molecule has 0 bridgehead atoms. The number of carbonyl (C=O) groups excluding carboxylic acids is 1. The maximum Gasteiger partial charge on any atom is 0.248 e. The van der Waals surface area contributed by atoms with E-state index in [-0.39, 0.29) is 12.5 Å². The number of likely N-dealkylation sites (tertiary alicyclic amines) is 1. The van der Waals surface area contributed by atoms with E-state index in [1.807, 2.05) is 23.1 Å². The first kappa shape index (κ1) is 21.3. The number of fused-ring (bicyclic) bond motifs is 1. The smallest absolute Gasteiger partial charge is 0.248 e. The number of pyridine rings is 1. The maximum atomic E-state index is 12.0.